The normalized spacial score (nSPS) is 19.1. The molecule has 1 aromatic rings. The molecule has 1 fully saturated rings. The molecule has 94 valence electrons. The topological polar surface area (TPSA) is 81.1 Å². The Bertz CT molecular complexity index is 383. The van der Waals surface area contributed by atoms with Gasteiger partial charge in [-0.05, 0) is 18.4 Å². The number of carbonyl (C=O) groups is 1. The van der Waals surface area contributed by atoms with Crippen LogP contribution >= 0.6 is 0 Å². The van der Waals surface area contributed by atoms with Crippen LogP contribution in [0.3, 0.4) is 0 Å². The summed E-state index contributed by atoms with van der Waals surface area (Å²) < 4.78 is 1.98. The zero-order valence-electron chi connectivity index (χ0n) is 9.88. The average Bonchev–Trinajstić information content (AvgIpc) is 2.78. The van der Waals surface area contributed by atoms with Gasteiger partial charge in [-0.3, -0.25) is 9.48 Å². The fraction of sp³-hybridized carbons (Fsp3) is 0.667. The molecule has 5 nitrogen and oxygen atoms in total. The smallest absolute Gasteiger partial charge is 0.320 e. The van der Waals surface area contributed by atoms with E-state index in [4.69, 9.17) is 10.8 Å². The summed E-state index contributed by atoms with van der Waals surface area (Å²) in [5, 5.41) is 13.1. The number of rotatable bonds is 4. The first-order valence-electron chi connectivity index (χ1n) is 6.18. The Labute approximate surface area is 101 Å². The van der Waals surface area contributed by atoms with Crippen molar-refractivity contribution in [1.82, 2.24) is 9.78 Å². The zero-order valence-corrected chi connectivity index (χ0v) is 9.88. The first-order chi connectivity index (χ1) is 8.16. The van der Waals surface area contributed by atoms with Crippen molar-refractivity contribution < 1.29 is 9.90 Å². The fourth-order valence-electron chi connectivity index (χ4n) is 2.37. The Morgan fingerprint density at radius 3 is 2.88 bits per heavy atom. The Morgan fingerprint density at radius 2 is 2.24 bits per heavy atom. The second kappa shape index (κ2) is 5.31. The third-order valence-corrected chi connectivity index (χ3v) is 3.38. The maximum atomic E-state index is 10.7. The molecule has 2 rings (SSSR count). The van der Waals surface area contributed by atoms with Gasteiger partial charge in [0.05, 0.1) is 12.2 Å². The molecule has 0 saturated heterocycles. The highest BCUT2D eigenvalue weighted by atomic mass is 16.4. The minimum atomic E-state index is -0.963. The van der Waals surface area contributed by atoms with Gasteiger partial charge in [-0.2, -0.15) is 5.10 Å². The maximum absolute atomic E-state index is 10.7. The number of carboxylic acids is 1. The van der Waals surface area contributed by atoms with Crippen LogP contribution in [0.25, 0.3) is 0 Å². The van der Waals surface area contributed by atoms with E-state index in [2.05, 4.69) is 5.10 Å². The van der Waals surface area contributed by atoms with E-state index in [0.29, 0.717) is 12.5 Å². The van der Waals surface area contributed by atoms with Crippen molar-refractivity contribution in [2.75, 3.05) is 0 Å². The molecule has 0 bridgehead atoms. The molecule has 1 atom stereocenters. The fourth-order valence-corrected chi connectivity index (χ4v) is 2.37. The molecule has 0 spiro atoms. The van der Waals surface area contributed by atoms with Gasteiger partial charge in [-0.1, -0.05) is 19.3 Å². The van der Waals surface area contributed by atoms with Crippen LogP contribution in [-0.4, -0.2) is 26.9 Å². The van der Waals surface area contributed by atoms with Crippen molar-refractivity contribution in [3.63, 3.8) is 0 Å². The van der Waals surface area contributed by atoms with E-state index in [1.807, 2.05) is 10.9 Å². The highest BCUT2D eigenvalue weighted by Crippen LogP contribution is 2.27. The molecule has 1 heterocycles. The largest absolute Gasteiger partial charge is 0.480 e. The number of aromatic nitrogens is 2. The van der Waals surface area contributed by atoms with Gasteiger partial charge in [0.1, 0.15) is 6.04 Å². The minimum absolute atomic E-state index is 0.349. The molecule has 1 aliphatic rings. The van der Waals surface area contributed by atoms with Crippen LogP contribution in [0.15, 0.2) is 12.4 Å². The standard InChI is InChI=1S/C12H19N3O2/c13-11(12(16)17)6-9-7-14-15(8-9)10-4-2-1-3-5-10/h7-8,10-11H,1-6,13H2,(H,16,17). The molecule has 1 aromatic heterocycles. The monoisotopic (exact) mass is 237 g/mol. The van der Waals surface area contributed by atoms with Crippen molar-refractivity contribution >= 4 is 5.97 Å². The molecular formula is C12H19N3O2. The van der Waals surface area contributed by atoms with E-state index in [-0.39, 0.29) is 0 Å². The van der Waals surface area contributed by atoms with Crippen LogP contribution in [0.4, 0.5) is 0 Å². The molecule has 1 saturated carbocycles. The third-order valence-electron chi connectivity index (χ3n) is 3.38. The molecule has 0 aromatic carbocycles. The predicted octanol–water partition coefficient (Wildman–Crippen LogP) is 1.34. The van der Waals surface area contributed by atoms with Crippen molar-refractivity contribution in [1.29, 1.82) is 0 Å². The number of aliphatic carboxylic acids is 1. The highest BCUT2D eigenvalue weighted by molar-refractivity contribution is 5.73. The van der Waals surface area contributed by atoms with Crippen molar-refractivity contribution in [3.05, 3.63) is 18.0 Å². The number of nitrogens with two attached hydrogens (primary N) is 1. The Morgan fingerprint density at radius 1 is 1.53 bits per heavy atom. The SMILES string of the molecule is NC(Cc1cnn(C2CCCCC2)c1)C(=O)O. The average molecular weight is 237 g/mol. The summed E-state index contributed by atoms with van der Waals surface area (Å²) in [6.45, 7) is 0. The van der Waals surface area contributed by atoms with Crippen LogP contribution in [0.5, 0.6) is 0 Å². The van der Waals surface area contributed by atoms with Gasteiger partial charge in [0.25, 0.3) is 0 Å². The number of nitrogens with zero attached hydrogens (tertiary/aromatic N) is 2. The molecule has 5 heteroatoms. The van der Waals surface area contributed by atoms with Gasteiger partial charge >= 0.3 is 5.97 Å². The van der Waals surface area contributed by atoms with Crippen LogP contribution in [0.1, 0.15) is 43.7 Å². The van der Waals surface area contributed by atoms with Crippen LogP contribution in [0.2, 0.25) is 0 Å². The second-order valence-electron chi connectivity index (χ2n) is 4.77. The van der Waals surface area contributed by atoms with Gasteiger partial charge in [0.15, 0.2) is 0 Å². The molecular weight excluding hydrogens is 218 g/mol. The lowest BCUT2D eigenvalue weighted by atomic mass is 9.96. The predicted molar refractivity (Wildman–Crippen MR) is 63.7 cm³/mol. The van der Waals surface area contributed by atoms with E-state index < -0.39 is 12.0 Å². The van der Waals surface area contributed by atoms with Crippen molar-refractivity contribution in [3.8, 4) is 0 Å². The number of hydrogen-bond acceptors (Lipinski definition) is 3. The van der Waals surface area contributed by atoms with Crippen LogP contribution < -0.4 is 5.73 Å². The number of hydrogen-bond donors (Lipinski definition) is 2. The Hall–Kier alpha value is -1.36. The summed E-state index contributed by atoms with van der Waals surface area (Å²) in [6, 6.07) is -0.349. The van der Waals surface area contributed by atoms with Crippen LogP contribution in [-0.2, 0) is 11.2 Å². The summed E-state index contributed by atoms with van der Waals surface area (Å²) >= 11 is 0. The maximum Gasteiger partial charge on any atom is 0.320 e. The molecule has 3 N–H and O–H groups in total. The molecule has 1 unspecified atom stereocenters. The summed E-state index contributed by atoms with van der Waals surface area (Å²) in [5.41, 5.74) is 6.41. The Balaban J connectivity index is 1.97. The van der Waals surface area contributed by atoms with E-state index in [0.717, 1.165) is 5.56 Å². The van der Waals surface area contributed by atoms with Crippen molar-refractivity contribution in [2.24, 2.45) is 5.73 Å². The van der Waals surface area contributed by atoms with Gasteiger partial charge in [-0.25, -0.2) is 0 Å². The quantitative estimate of drug-likeness (QED) is 0.828. The highest BCUT2D eigenvalue weighted by Gasteiger charge is 2.18. The lowest BCUT2D eigenvalue weighted by Gasteiger charge is -2.21. The lowest BCUT2D eigenvalue weighted by Crippen LogP contribution is -2.32. The zero-order chi connectivity index (χ0) is 12.3. The van der Waals surface area contributed by atoms with Gasteiger partial charge in [-0.15, -0.1) is 0 Å². The molecule has 0 radical (unpaired) electrons. The van der Waals surface area contributed by atoms with E-state index in [1.165, 1.54) is 32.1 Å². The Kier molecular flexibility index (Phi) is 3.78. The molecule has 17 heavy (non-hydrogen) atoms. The lowest BCUT2D eigenvalue weighted by molar-refractivity contribution is -0.138. The van der Waals surface area contributed by atoms with Crippen molar-refractivity contribution in [2.45, 2.75) is 50.6 Å². The minimum Gasteiger partial charge on any atom is -0.480 e. The van der Waals surface area contributed by atoms with Crippen LogP contribution in [0, 0.1) is 0 Å². The summed E-state index contributed by atoms with van der Waals surface area (Å²) in [6.07, 6.45) is 10.2. The van der Waals surface area contributed by atoms with Gasteiger partial charge < -0.3 is 10.8 Å². The molecule has 0 aliphatic heterocycles. The van der Waals surface area contributed by atoms with E-state index >= 15 is 0 Å². The number of carboxylic acid groups (broad SMARTS) is 1. The summed E-state index contributed by atoms with van der Waals surface area (Å²) in [4.78, 5) is 10.7. The van der Waals surface area contributed by atoms with Gasteiger partial charge in [0, 0.05) is 12.6 Å². The summed E-state index contributed by atoms with van der Waals surface area (Å²) in [5.74, 6) is -0.963. The first kappa shape index (κ1) is 12.1. The van der Waals surface area contributed by atoms with E-state index in [9.17, 15) is 4.79 Å². The second-order valence-corrected chi connectivity index (χ2v) is 4.77. The summed E-state index contributed by atoms with van der Waals surface area (Å²) in [7, 11) is 0. The first-order valence-corrected chi connectivity index (χ1v) is 6.18. The molecule has 1 aliphatic carbocycles. The van der Waals surface area contributed by atoms with E-state index in [1.54, 1.807) is 6.20 Å². The van der Waals surface area contributed by atoms with Gasteiger partial charge in [0.2, 0.25) is 0 Å². The molecule has 0 amide bonds. The third kappa shape index (κ3) is 3.06.